The standard InChI is InChI=1S/C33H36Cl2N2O5S/c1-3-43(41,42)36(27-10-5-4-6-11-27)21-29(22-12-13-22)37-31(23-14-16-25(34)17-15-23)28(24-8-7-9-26(35)18-24)19-33(2,32(37)40)20-30(38)39/h4-11,14-18,22,28-29,31H,3,12-13,19-21H2,1-2H3,(H,38,39)/t28?,29-,31-,33-/m1/s1. The van der Waals surface area contributed by atoms with Crippen molar-refractivity contribution in [1.29, 1.82) is 0 Å². The molecule has 0 spiro atoms. The predicted octanol–water partition coefficient (Wildman–Crippen LogP) is 7.17. The van der Waals surface area contributed by atoms with Crippen LogP contribution in [0.2, 0.25) is 10.0 Å². The van der Waals surface area contributed by atoms with E-state index in [2.05, 4.69) is 0 Å². The van der Waals surface area contributed by atoms with Crippen molar-refractivity contribution in [3.8, 4) is 0 Å². The molecule has 7 nitrogen and oxygen atoms in total. The summed E-state index contributed by atoms with van der Waals surface area (Å²) >= 11 is 12.7. The Labute approximate surface area is 263 Å². The number of carbonyl (C=O) groups is 2. The van der Waals surface area contributed by atoms with Gasteiger partial charge in [0, 0.05) is 16.0 Å². The van der Waals surface area contributed by atoms with Crippen molar-refractivity contribution in [3.63, 3.8) is 0 Å². The molecule has 0 bridgehead atoms. The van der Waals surface area contributed by atoms with E-state index < -0.39 is 33.5 Å². The highest BCUT2D eigenvalue weighted by molar-refractivity contribution is 7.92. The summed E-state index contributed by atoms with van der Waals surface area (Å²) < 4.78 is 28.5. The number of piperidine rings is 1. The topological polar surface area (TPSA) is 95.0 Å². The lowest BCUT2D eigenvalue weighted by Gasteiger charge is -2.52. The summed E-state index contributed by atoms with van der Waals surface area (Å²) in [6.45, 7) is 3.39. The number of rotatable bonds is 11. The van der Waals surface area contributed by atoms with Crippen molar-refractivity contribution in [2.75, 3.05) is 16.6 Å². The molecule has 4 atom stereocenters. The number of carbonyl (C=O) groups excluding carboxylic acids is 1. The maximum absolute atomic E-state index is 14.7. The number of likely N-dealkylation sites (tertiary alicyclic amines) is 1. The third-order valence-electron chi connectivity index (χ3n) is 8.75. The predicted molar refractivity (Wildman–Crippen MR) is 170 cm³/mol. The molecule has 5 rings (SSSR count). The van der Waals surface area contributed by atoms with E-state index in [9.17, 15) is 23.1 Å². The van der Waals surface area contributed by atoms with Crippen LogP contribution in [0.15, 0.2) is 78.9 Å². The van der Waals surface area contributed by atoms with Crippen LogP contribution in [0.25, 0.3) is 0 Å². The summed E-state index contributed by atoms with van der Waals surface area (Å²) in [4.78, 5) is 28.7. The average Bonchev–Trinajstić information content (AvgIpc) is 3.81. The molecule has 1 unspecified atom stereocenters. The zero-order chi connectivity index (χ0) is 30.9. The monoisotopic (exact) mass is 642 g/mol. The summed E-state index contributed by atoms with van der Waals surface area (Å²) in [5.74, 6) is -1.70. The van der Waals surface area contributed by atoms with Gasteiger partial charge >= 0.3 is 5.97 Å². The Morgan fingerprint density at radius 3 is 2.26 bits per heavy atom. The number of sulfonamides is 1. The first-order chi connectivity index (χ1) is 20.4. The zero-order valence-electron chi connectivity index (χ0n) is 24.2. The molecule has 2 aliphatic rings. The van der Waals surface area contributed by atoms with E-state index >= 15 is 0 Å². The van der Waals surface area contributed by atoms with Crippen molar-refractivity contribution >= 4 is 50.8 Å². The maximum Gasteiger partial charge on any atom is 0.304 e. The minimum atomic E-state index is -3.71. The van der Waals surface area contributed by atoms with Crippen LogP contribution in [-0.2, 0) is 19.6 Å². The lowest BCUT2D eigenvalue weighted by Crippen LogP contribution is -2.59. The summed E-state index contributed by atoms with van der Waals surface area (Å²) in [7, 11) is -3.71. The van der Waals surface area contributed by atoms with E-state index in [-0.39, 0.29) is 42.9 Å². The second-order valence-corrected chi connectivity index (χ2v) is 14.9. The lowest BCUT2D eigenvalue weighted by atomic mass is 9.67. The van der Waals surface area contributed by atoms with Crippen LogP contribution in [0.5, 0.6) is 0 Å². The Morgan fingerprint density at radius 1 is 1.00 bits per heavy atom. The van der Waals surface area contributed by atoms with E-state index in [4.69, 9.17) is 23.2 Å². The first kappa shape index (κ1) is 31.4. The van der Waals surface area contributed by atoms with E-state index in [1.165, 1.54) is 4.31 Å². The molecule has 228 valence electrons. The highest BCUT2D eigenvalue weighted by Gasteiger charge is 2.55. The number of carboxylic acids is 1. The summed E-state index contributed by atoms with van der Waals surface area (Å²) in [5, 5.41) is 11.0. The van der Waals surface area contributed by atoms with Crippen LogP contribution < -0.4 is 4.31 Å². The second kappa shape index (κ2) is 12.5. The fraction of sp³-hybridized carbons (Fsp3) is 0.394. The smallest absolute Gasteiger partial charge is 0.304 e. The fourth-order valence-corrected chi connectivity index (χ4v) is 7.95. The number of carboxylic acid groups (broad SMARTS) is 1. The van der Waals surface area contributed by atoms with Crippen molar-refractivity contribution in [2.45, 2.75) is 57.5 Å². The molecule has 3 aromatic carbocycles. The van der Waals surface area contributed by atoms with Crippen molar-refractivity contribution in [1.82, 2.24) is 4.90 Å². The largest absolute Gasteiger partial charge is 0.481 e. The Bertz CT molecular complexity index is 1580. The van der Waals surface area contributed by atoms with Gasteiger partial charge in [-0.05, 0) is 79.6 Å². The van der Waals surface area contributed by atoms with E-state index in [0.717, 1.165) is 24.0 Å². The third kappa shape index (κ3) is 6.71. The van der Waals surface area contributed by atoms with Crippen LogP contribution in [-0.4, -0.2) is 48.6 Å². The van der Waals surface area contributed by atoms with Crippen LogP contribution in [0, 0.1) is 11.3 Å². The third-order valence-corrected chi connectivity index (χ3v) is 11.0. The molecule has 1 saturated heterocycles. The number of anilines is 1. The number of benzene rings is 3. The molecule has 3 aromatic rings. The Morgan fingerprint density at radius 2 is 1.67 bits per heavy atom. The van der Waals surface area contributed by atoms with E-state index in [1.54, 1.807) is 56.3 Å². The molecule has 10 heteroatoms. The highest BCUT2D eigenvalue weighted by Crippen LogP contribution is 2.54. The SMILES string of the molecule is CCS(=O)(=O)N(C[C@H](C1CC1)N1C(=O)[C@@](C)(CC(=O)O)CC(c2cccc(Cl)c2)[C@H]1c1ccc(Cl)cc1)c1ccccc1. The highest BCUT2D eigenvalue weighted by atomic mass is 35.5. The van der Waals surface area contributed by atoms with Crippen molar-refractivity contribution in [3.05, 3.63) is 100 Å². The van der Waals surface area contributed by atoms with Gasteiger partial charge in [-0.2, -0.15) is 0 Å². The Balaban J connectivity index is 1.71. The van der Waals surface area contributed by atoms with Gasteiger partial charge in [-0.15, -0.1) is 0 Å². The Kier molecular flexibility index (Phi) is 9.12. The van der Waals surface area contributed by atoms with Crippen molar-refractivity contribution in [2.24, 2.45) is 11.3 Å². The van der Waals surface area contributed by atoms with Crippen molar-refractivity contribution < 1.29 is 23.1 Å². The number of aliphatic carboxylic acids is 1. The zero-order valence-corrected chi connectivity index (χ0v) is 26.5. The average molecular weight is 644 g/mol. The van der Waals surface area contributed by atoms with E-state index in [1.807, 2.05) is 41.3 Å². The second-order valence-electron chi connectivity index (χ2n) is 11.9. The van der Waals surface area contributed by atoms with Gasteiger partial charge in [0.05, 0.1) is 41.9 Å². The van der Waals surface area contributed by atoms with Gasteiger partial charge < -0.3 is 10.0 Å². The number of hydrogen-bond acceptors (Lipinski definition) is 4. The molecule has 1 amide bonds. The molecule has 0 aromatic heterocycles. The Hall–Kier alpha value is -3.07. The van der Waals surface area contributed by atoms with Gasteiger partial charge in [0.15, 0.2) is 0 Å². The van der Waals surface area contributed by atoms with Crippen LogP contribution in [0.3, 0.4) is 0 Å². The van der Waals surface area contributed by atoms with Gasteiger partial charge in [0.25, 0.3) is 0 Å². The maximum atomic E-state index is 14.7. The molecule has 2 fully saturated rings. The minimum absolute atomic E-state index is 0.0595. The van der Waals surface area contributed by atoms with Crippen LogP contribution >= 0.6 is 23.2 Å². The molecule has 1 aliphatic carbocycles. The molecular formula is C33H36Cl2N2O5S. The normalized spacial score (nSPS) is 23.2. The first-order valence-corrected chi connectivity index (χ1v) is 16.9. The number of para-hydroxylation sites is 1. The van der Waals surface area contributed by atoms with Crippen LogP contribution in [0.1, 0.15) is 62.6 Å². The molecule has 43 heavy (non-hydrogen) atoms. The van der Waals surface area contributed by atoms with Gasteiger partial charge in [0.2, 0.25) is 15.9 Å². The first-order valence-electron chi connectivity index (χ1n) is 14.5. The quantitative estimate of drug-likeness (QED) is 0.239. The fourth-order valence-electron chi connectivity index (χ4n) is 6.49. The molecular weight excluding hydrogens is 607 g/mol. The number of halogens is 2. The van der Waals surface area contributed by atoms with Gasteiger partial charge in [-0.1, -0.05) is 72.6 Å². The molecule has 1 aliphatic heterocycles. The molecule has 0 radical (unpaired) electrons. The number of hydrogen-bond donors (Lipinski definition) is 1. The number of nitrogens with zero attached hydrogens (tertiary/aromatic N) is 2. The van der Waals surface area contributed by atoms with E-state index in [0.29, 0.717) is 15.7 Å². The molecule has 1 N–H and O–H groups in total. The van der Waals surface area contributed by atoms with Gasteiger partial charge in [0.1, 0.15) is 0 Å². The summed E-state index contributed by atoms with van der Waals surface area (Å²) in [5.41, 5.74) is 1.03. The molecule has 1 heterocycles. The summed E-state index contributed by atoms with van der Waals surface area (Å²) in [6.07, 6.45) is 1.62. The van der Waals surface area contributed by atoms with Gasteiger partial charge in [-0.3, -0.25) is 13.9 Å². The van der Waals surface area contributed by atoms with Crippen LogP contribution in [0.4, 0.5) is 5.69 Å². The minimum Gasteiger partial charge on any atom is -0.481 e. The van der Waals surface area contributed by atoms with Gasteiger partial charge in [-0.25, -0.2) is 8.42 Å². The molecule has 1 saturated carbocycles. The lowest BCUT2D eigenvalue weighted by molar-refractivity contribution is -0.160. The number of amides is 1. The summed E-state index contributed by atoms with van der Waals surface area (Å²) in [6, 6.07) is 22.8.